The third-order valence-electron chi connectivity index (χ3n) is 2.14. The standard InChI is InChI=1S/C12H11NO/c1-14-12-4-2-10(3-5-12)11-6-8-13-9-7-11/h2-9H,1H3/p+1. The fourth-order valence-corrected chi connectivity index (χ4v) is 1.36. The molecule has 2 heteroatoms. The maximum absolute atomic E-state index is 5.10. The van der Waals surface area contributed by atoms with Gasteiger partial charge in [-0.3, -0.25) is 0 Å². The zero-order valence-electron chi connectivity index (χ0n) is 8.03. The summed E-state index contributed by atoms with van der Waals surface area (Å²) in [5.74, 6) is 0.885. The van der Waals surface area contributed by atoms with Crippen LogP contribution in [0.3, 0.4) is 0 Å². The van der Waals surface area contributed by atoms with E-state index in [0.29, 0.717) is 0 Å². The molecule has 14 heavy (non-hydrogen) atoms. The second-order valence-electron chi connectivity index (χ2n) is 3.02. The van der Waals surface area contributed by atoms with Gasteiger partial charge >= 0.3 is 0 Å². The number of aromatic amines is 1. The summed E-state index contributed by atoms with van der Waals surface area (Å²) in [6.45, 7) is 0. The number of ether oxygens (including phenoxy) is 1. The average Bonchev–Trinajstić information content (AvgIpc) is 2.30. The molecule has 2 aromatic rings. The van der Waals surface area contributed by atoms with Crippen LogP contribution in [-0.4, -0.2) is 7.11 Å². The summed E-state index contributed by atoms with van der Waals surface area (Å²) in [6.07, 6.45) is 3.83. The van der Waals surface area contributed by atoms with Crippen LogP contribution in [0.1, 0.15) is 0 Å². The Balaban J connectivity index is 2.34. The van der Waals surface area contributed by atoms with Crippen LogP contribution in [0.5, 0.6) is 5.75 Å². The van der Waals surface area contributed by atoms with E-state index in [1.54, 1.807) is 7.11 Å². The number of hydrogen-bond donors (Lipinski definition) is 0. The van der Waals surface area contributed by atoms with Crippen LogP contribution in [-0.2, 0) is 0 Å². The Morgan fingerprint density at radius 2 is 1.43 bits per heavy atom. The van der Waals surface area contributed by atoms with Crippen LogP contribution < -0.4 is 9.72 Å². The van der Waals surface area contributed by atoms with Crippen LogP contribution in [0.15, 0.2) is 48.8 Å². The number of aromatic nitrogens is 1. The second-order valence-corrected chi connectivity index (χ2v) is 3.02. The highest BCUT2D eigenvalue weighted by Gasteiger charge is 1.97. The van der Waals surface area contributed by atoms with E-state index in [4.69, 9.17) is 4.74 Å². The second kappa shape index (κ2) is 3.92. The third-order valence-corrected chi connectivity index (χ3v) is 2.14. The van der Waals surface area contributed by atoms with Crippen molar-refractivity contribution in [2.45, 2.75) is 0 Å². The van der Waals surface area contributed by atoms with E-state index in [1.165, 1.54) is 11.1 Å². The average molecular weight is 186 g/mol. The van der Waals surface area contributed by atoms with Crippen molar-refractivity contribution in [1.82, 2.24) is 0 Å². The highest BCUT2D eigenvalue weighted by atomic mass is 16.5. The van der Waals surface area contributed by atoms with Gasteiger partial charge in [0.25, 0.3) is 0 Å². The van der Waals surface area contributed by atoms with Gasteiger partial charge in [0.1, 0.15) is 5.75 Å². The molecule has 0 saturated heterocycles. The molecule has 1 aromatic heterocycles. The number of rotatable bonds is 2. The Morgan fingerprint density at radius 3 is 2.00 bits per heavy atom. The van der Waals surface area contributed by atoms with Crippen molar-refractivity contribution in [3.63, 3.8) is 0 Å². The van der Waals surface area contributed by atoms with Gasteiger partial charge in [0.15, 0.2) is 12.4 Å². The minimum Gasteiger partial charge on any atom is -0.497 e. The number of H-pyrrole nitrogens is 1. The number of hydrogen-bond acceptors (Lipinski definition) is 1. The molecule has 0 saturated carbocycles. The molecule has 70 valence electrons. The van der Waals surface area contributed by atoms with E-state index in [0.717, 1.165) is 5.75 Å². The van der Waals surface area contributed by atoms with Crippen LogP contribution in [0, 0.1) is 0 Å². The molecule has 0 fully saturated rings. The lowest BCUT2D eigenvalue weighted by molar-refractivity contribution is -0.377. The maximum atomic E-state index is 5.10. The van der Waals surface area contributed by atoms with Gasteiger partial charge in [-0.1, -0.05) is 12.1 Å². The lowest BCUT2D eigenvalue weighted by Crippen LogP contribution is -1.96. The maximum Gasteiger partial charge on any atom is 0.167 e. The fraction of sp³-hybridized carbons (Fsp3) is 0.0833. The zero-order chi connectivity index (χ0) is 9.80. The molecule has 0 atom stereocenters. The van der Waals surface area contributed by atoms with Gasteiger partial charge in [-0.2, -0.15) is 0 Å². The minimum atomic E-state index is 0.885. The van der Waals surface area contributed by atoms with Gasteiger partial charge in [-0.05, 0) is 23.3 Å². The molecule has 0 aliphatic heterocycles. The van der Waals surface area contributed by atoms with Gasteiger partial charge in [0.05, 0.1) is 7.11 Å². The Bertz CT molecular complexity index is 394. The Labute approximate surface area is 83.2 Å². The van der Waals surface area contributed by atoms with Crippen LogP contribution in [0.25, 0.3) is 11.1 Å². The van der Waals surface area contributed by atoms with E-state index in [1.807, 2.05) is 48.8 Å². The highest BCUT2D eigenvalue weighted by molar-refractivity contribution is 5.63. The van der Waals surface area contributed by atoms with Crippen molar-refractivity contribution in [1.29, 1.82) is 0 Å². The summed E-state index contributed by atoms with van der Waals surface area (Å²) < 4.78 is 5.10. The molecule has 1 heterocycles. The number of pyridine rings is 1. The molecule has 2 rings (SSSR count). The Morgan fingerprint density at radius 1 is 0.857 bits per heavy atom. The van der Waals surface area contributed by atoms with Gasteiger partial charge in [0, 0.05) is 12.1 Å². The van der Waals surface area contributed by atoms with Crippen molar-refractivity contribution >= 4 is 0 Å². The number of methoxy groups -OCH3 is 1. The van der Waals surface area contributed by atoms with Crippen LogP contribution >= 0.6 is 0 Å². The smallest absolute Gasteiger partial charge is 0.167 e. The molecular weight excluding hydrogens is 174 g/mol. The molecule has 0 unspecified atom stereocenters. The zero-order valence-corrected chi connectivity index (χ0v) is 8.03. The molecule has 1 aromatic carbocycles. The summed E-state index contributed by atoms with van der Waals surface area (Å²) in [5, 5.41) is 0. The molecule has 0 aliphatic rings. The summed E-state index contributed by atoms with van der Waals surface area (Å²) >= 11 is 0. The first-order valence-electron chi connectivity index (χ1n) is 4.51. The summed E-state index contributed by atoms with van der Waals surface area (Å²) in [6, 6.07) is 12.1. The molecule has 0 bridgehead atoms. The van der Waals surface area contributed by atoms with E-state index in [2.05, 4.69) is 4.98 Å². The van der Waals surface area contributed by atoms with Crippen LogP contribution in [0.4, 0.5) is 0 Å². The Kier molecular flexibility index (Phi) is 2.45. The normalized spacial score (nSPS) is 9.79. The predicted molar refractivity (Wildman–Crippen MR) is 55.0 cm³/mol. The van der Waals surface area contributed by atoms with E-state index < -0.39 is 0 Å². The van der Waals surface area contributed by atoms with Gasteiger partial charge in [0.2, 0.25) is 0 Å². The first-order chi connectivity index (χ1) is 6.90. The lowest BCUT2D eigenvalue weighted by atomic mass is 10.1. The van der Waals surface area contributed by atoms with Gasteiger partial charge < -0.3 is 4.74 Å². The SMILES string of the molecule is COc1ccc(-c2cc[nH+]cc2)cc1. The monoisotopic (exact) mass is 186 g/mol. The predicted octanol–water partition coefficient (Wildman–Crippen LogP) is 2.18. The molecule has 0 spiro atoms. The highest BCUT2D eigenvalue weighted by Crippen LogP contribution is 2.20. The van der Waals surface area contributed by atoms with Crippen LogP contribution in [0.2, 0.25) is 0 Å². The molecule has 0 aliphatic carbocycles. The lowest BCUT2D eigenvalue weighted by Gasteiger charge is -2.01. The minimum absolute atomic E-state index is 0.885. The van der Waals surface area contributed by atoms with E-state index >= 15 is 0 Å². The number of benzene rings is 1. The van der Waals surface area contributed by atoms with Crippen molar-refractivity contribution in [2.75, 3.05) is 7.11 Å². The topological polar surface area (TPSA) is 23.4 Å². The quantitative estimate of drug-likeness (QED) is 0.705. The van der Waals surface area contributed by atoms with Gasteiger partial charge in [-0.25, -0.2) is 4.98 Å². The summed E-state index contributed by atoms with van der Waals surface area (Å²) in [7, 11) is 1.67. The van der Waals surface area contributed by atoms with E-state index in [-0.39, 0.29) is 0 Å². The van der Waals surface area contributed by atoms with Gasteiger partial charge in [-0.15, -0.1) is 0 Å². The largest absolute Gasteiger partial charge is 0.497 e. The van der Waals surface area contributed by atoms with Crippen molar-refractivity contribution < 1.29 is 9.72 Å². The van der Waals surface area contributed by atoms with Crippen molar-refractivity contribution in [3.8, 4) is 16.9 Å². The third kappa shape index (κ3) is 1.74. The molecule has 0 amide bonds. The van der Waals surface area contributed by atoms with Crippen molar-refractivity contribution in [2.24, 2.45) is 0 Å². The molecule has 2 nitrogen and oxygen atoms in total. The number of nitrogens with one attached hydrogen (secondary N) is 1. The Hall–Kier alpha value is -1.83. The first-order valence-corrected chi connectivity index (χ1v) is 4.51. The first kappa shape index (κ1) is 8.75. The summed E-state index contributed by atoms with van der Waals surface area (Å²) in [4.78, 5) is 3.00. The molecule has 0 radical (unpaired) electrons. The fourth-order valence-electron chi connectivity index (χ4n) is 1.36. The molecular formula is C12H12NO+. The van der Waals surface area contributed by atoms with E-state index in [9.17, 15) is 0 Å². The summed E-state index contributed by atoms with van der Waals surface area (Å²) in [5.41, 5.74) is 2.39. The van der Waals surface area contributed by atoms with Crippen molar-refractivity contribution in [3.05, 3.63) is 48.8 Å². The molecule has 1 N–H and O–H groups in total.